The van der Waals surface area contributed by atoms with Gasteiger partial charge in [-0.2, -0.15) is 0 Å². The lowest BCUT2D eigenvalue weighted by atomic mass is 10.1. The largest absolute Gasteiger partial charge is 0.423 e. The second kappa shape index (κ2) is 8.27. The highest BCUT2D eigenvalue weighted by molar-refractivity contribution is 7.92. The van der Waals surface area contributed by atoms with Crippen molar-refractivity contribution in [2.75, 3.05) is 11.4 Å². The van der Waals surface area contributed by atoms with Gasteiger partial charge in [0.25, 0.3) is 10.0 Å². The van der Waals surface area contributed by atoms with Crippen LogP contribution in [0.25, 0.3) is 0 Å². The predicted octanol–water partition coefficient (Wildman–Crippen LogP) is 5.00. The molecule has 0 spiro atoms. The van der Waals surface area contributed by atoms with E-state index in [9.17, 15) is 13.2 Å². The van der Waals surface area contributed by atoms with Gasteiger partial charge in [0.05, 0.1) is 21.2 Å². The van der Waals surface area contributed by atoms with Gasteiger partial charge in [0.2, 0.25) is 0 Å². The Balaban J connectivity index is 1.93. The number of carbonyl (C=O) groups is 1. The summed E-state index contributed by atoms with van der Waals surface area (Å²) in [7, 11) is -2.43. The number of benzene rings is 3. The number of carbonyl (C=O) groups excluding carboxylic acids is 1. The summed E-state index contributed by atoms with van der Waals surface area (Å²) < 4.78 is 32.5. The molecule has 0 atom stereocenters. The molecule has 3 aromatic carbocycles. The fraction of sp³-hybridized carbons (Fsp3) is 0.136. The molecule has 29 heavy (non-hydrogen) atoms. The fourth-order valence-corrected chi connectivity index (χ4v) is 4.11. The lowest BCUT2D eigenvalue weighted by Crippen LogP contribution is -2.26. The summed E-state index contributed by atoms with van der Waals surface area (Å²) in [5.74, 6) is -0.360. The van der Waals surface area contributed by atoms with Gasteiger partial charge in [-0.3, -0.25) is 4.31 Å². The molecule has 0 aliphatic rings. The van der Waals surface area contributed by atoms with Gasteiger partial charge in [-0.15, -0.1) is 0 Å². The lowest BCUT2D eigenvalue weighted by molar-refractivity contribution is 0.0734. The van der Waals surface area contributed by atoms with Gasteiger partial charge < -0.3 is 4.74 Å². The Hall–Kier alpha value is -2.83. The van der Waals surface area contributed by atoms with Crippen LogP contribution in [0.3, 0.4) is 0 Å². The number of sulfonamides is 1. The molecule has 5 nitrogen and oxygen atoms in total. The van der Waals surface area contributed by atoms with E-state index in [-0.39, 0.29) is 15.5 Å². The molecule has 0 aromatic heterocycles. The molecular weight excluding hydrogens is 410 g/mol. The maximum atomic E-state index is 13.0. The first-order valence-corrected chi connectivity index (χ1v) is 10.6. The Morgan fingerprint density at radius 2 is 1.62 bits per heavy atom. The van der Waals surface area contributed by atoms with Crippen LogP contribution in [0, 0.1) is 13.8 Å². The quantitative estimate of drug-likeness (QED) is 0.423. The molecule has 3 aromatic rings. The van der Waals surface area contributed by atoms with Crippen LogP contribution in [0.4, 0.5) is 5.69 Å². The van der Waals surface area contributed by atoms with E-state index in [1.165, 1.54) is 25.2 Å². The second-order valence-electron chi connectivity index (χ2n) is 6.59. The third-order valence-electron chi connectivity index (χ3n) is 4.62. The lowest BCUT2D eigenvalue weighted by Gasteiger charge is -2.20. The van der Waals surface area contributed by atoms with E-state index >= 15 is 0 Å². The predicted molar refractivity (Wildman–Crippen MR) is 114 cm³/mol. The van der Waals surface area contributed by atoms with Crippen molar-refractivity contribution < 1.29 is 17.9 Å². The number of rotatable bonds is 5. The zero-order valence-corrected chi connectivity index (χ0v) is 17.8. The van der Waals surface area contributed by atoms with E-state index in [4.69, 9.17) is 16.3 Å². The van der Waals surface area contributed by atoms with E-state index in [0.29, 0.717) is 11.4 Å². The molecule has 0 aliphatic carbocycles. The number of nitrogens with zero attached hydrogens (tertiary/aromatic N) is 1. The maximum absolute atomic E-state index is 13.0. The van der Waals surface area contributed by atoms with Crippen molar-refractivity contribution in [3.63, 3.8) is 0 Å². The Bertz CT molecular complexity index is 1160. The van der Waals surface area contributed by atoms with Crippen LogP contribution in [0.5, 0.6) is 5.75 Å². The summed E-state index contributed by atoms with van der Waals surface area (Å²) in [5, 5.41) is 0.111. The molecule has 3 rings (SSSR count). The van der Waals surface area contributed by atoms with Crippen LogP contribution in [-0.4, -0.2) is 21.4 Å². The molecule has 0 fully saturated rings. The Morgan fingerprint density at radius 1 is 0.931 bits per heavy atom. The van der Waals surface area contributed by atoms with Crippen molar-refractivity contribution in [3.8, 4) is 5.75 Å². The first-order valence-electron chi connectivity index (χ1n) is 8.83. The summed E-state index contributed by atoms with van der Waals surface area (Å²) in [6.45, 7) is 3.86. The highest BCUT2D eigenvalue weighted by Gasteiger charge is 2.24. The number of para-hydroxylation sites is 1. The van der Waals surface area contributed by atoms with Gasteiger partial charge in [-0.05, 0) is 67.4 Å². The van der Waals surface area contributed by atoms with Crippen molar-refractivity contribution in [2.24, 2.45) is 0 Å². The molecule has 0 saturated heterocycles. The number of aryl methyl sites for hydroxylation is 2. The monoisotopic (exact) mass is 429 g/mol. The maximum Gasteiger partial charge on any atom is 0.345 e. The van der Waals surface area contributed by atoms with Gasteiger partial charge in [0, 0.05) is 7.05 Å². The smallest absolute Gasteiger partial charge is 0.345 e. The van der Waals surface area contributed by atoms with E-state index in [2.05, 4.69) is 0 Å². The average molecular weight is 430 g/mol. The summed E-state index contributed by atoms with van der Waals surface area (Å²) in [6, 6.07) is 17.9. The van der Waals surface area contributed by atoms with Gasteiger partial charge in [-0.1, -0.05) is 35.9 Å². The third kappa shape index (κ3) is 4.44. The summed E-state index contributed by atoms with van der Waals surface area (Å²) in [5.41, 5.74) is 2.52. The topological polar surface area (TPSA) is 63.7 Å². The van der Waals surface area contributed by atoms with Crippen molar-refractivity contribution in [3.05, 3.63) is 88.4 Å². The Kier molecular flexibility index (Phi) is 5.96. The fourth-order valence-electron chi connectivity index (χ4n) is 2.70. The molecule has 0 saturated carbocycles. The van der Waals surface area contributed by atoms with Gasteiger partial charge >= 0.3 is 5.97 Å². The second-order valence-corrected chi connectivity index (χ2v) is 8.96. The molecule has 0 bridgehead atoms. The van der Waals surface area contributed by atoms with Gasteiger partial charge in [0.1, 0.15) is 5.75 Å². The van der Waals surface area contributed by atoms with Crippen LogP contribution in [0.15, 0.2) is 71.6 Å². The van der Waals surface area contributed by atoms with Crippen molar-refractivity contribution in [2.45, 2.75) is 18.7 Å². The molecule has 0 unspecified atom stereocenters. The first kappa shape index (κ1) is 20.9. The Labute approximate surface area is 175 Å². The number of halogens is 1. The number of ether oxygens (including phenoxy) is 1. The first-order chi connectivity index (χ1) is 13.7. The highest BCUT2D eigenvalue weighted by Crippen LogP contribution is 2.27. The summed E-state index contributed by atoms with van der Waals surface area (Å²) >= 11 is 6.15. The zero-order valence-electron chi connectivity index (χ0n) is 16.2. The summed E-state index contributed by atoms with van der Waals surface area (Å²) in [4.78, 5) is 12.6. The molecule has 0 radical (unpaired) electrons. The van der Waals surface area contributed by atoms with Crippen LogP contribution < -0.4 is 9.04 Å². The minimum atomic E-state index is -3.88. The summed E-state index contributed by atoms with van der Waals surface area (Å²) in [6.07, 6.45) is 0. The molecular formula is C22H20ClNO4S. The molecule has 7 heteroatoms. The number of hydrogen-bond donors (Lipinski definition) is 0. The van der Waals surface area contributed by atoms with E-state index in [1.807, 2.05) is 19.9 Å². The average Bonchev–Trinajstić information content (AvgIpc) is 2.71. The molecule has 0 aliphatic heterocycles. The van der Waals surface area contributed by atoms with Crippen LogP contribution in [0.1, 0.15) is 21.5 Å². The highest BCUT2D eigenvalue weighted by atomic mass is 35.5. The molecule has 0 N–H and O–H groups in total. The number of esters is 1. The number of hydrogen-bond acceptors (Lipinski definition) is 4. The van der Waals surface area contributed by atoms with E-state index in [0.717, 1.165) is 15.4 Å². The Morgan fingerprint density at radius 3 is 2.28 bits per heavy atom. The van der Waals surface area contributed by atoms with Crippen molar-refractivity contribution in [1.82, 2.24) is 0 Å². The number of anilines is 1. The van der Waals surface area contributed by atoms with Crippen LogP contribution >= 0.6 is 11.6 Å². The van der Waals surface area contributed by atoms with E-state index < -0.39 is 16.0 Å². The van der Waals surface area contributed by atoms with Crippen molar-refractivity contribution >= 4 is 33.3 Å². The van der Waals surface area contributed by atoms with Gasteiger partial charge in [-0.25, -0.2) is 13.2 Å². The van der Waals surface area contributed by atoms with Crippen LogP contribution in [0.2, 0.25) is 5.02 Å². The minimum absolute atomic E-state index is 0.0209. The third-order valence-corrected chi connectivity index (χ3v) is 6.74. The van der Waals surface area contributed by atoms with Crippen molar-refractivity contribution in [1.29, 1.82) is 0 Å². The minimum Gasteiger partial charge on any atom is -0.423 e. The SMILES string of the molecule is Cc1ccc(OC(=O)c2cc(S(=O)(=O)N(C)c3ccccc3)ccc2Cl)cc1C. The standard InChI is InChI=1S/C22H20ClNO4S/c1-15-9-10-18(13-16(15)2)28-22(25)20-14-19(11-12-21(20)23)29(26,27)24(3)17-7-5-4-6-8-17/h4-14H,1-3H3. The molecule has 0 heterocycles. The van der Waals surface area contributed by atoms with E-state index in [1.54, 1.807) is 42.5 Å². The molecule has 0 amide bonds. The van der Waals surface area contributed by atoms with Gasteiger partial charge in [0.15, 0.2) is 0 Å². The molecule has 150 valence electrons. The zero-order chi connectivity index (χ0) is 21.2. The normalized spacial score (nSPS) is 11.2. The van der Waals surface area contributed by atoms with Crippen LogP contribution in [-0.2, 0) is 10.0 Å².